The second kappa shape index (κ2) is 14.3. The van der Waals surface area contributed by atoms with Crippen LogP contribution in [0.15, 0.2) is 224 Å². The molecule has 0 atom stereocenters. The summed E-state index contributed by atoms with van der Waals surface area (Å²) in [7, 11) is 0. The lowest BCUT2D eigenvalue weighted by Crippen LogP contribution is -2.11. The summed E-state index contributed by atoms with van der Waals surface area (Å²) in [6.45, 7) is 0. The van der Waals surface area contributed by atoms with Crippen molar-refractivity contribution >= 4 is 27.8 Å². The van der Waals surface area contributed by atoms with E-state index < -0.39 is 0 Å². The van der Waals surface area contributed by atoms with E-state index >= 15 is 0 Å². The lowest BCUT2D eigenvalue weighted by atomic mass is 9.93. The zero-order valence-electron chi connectivity index (χ0n) is 29.3. The Morgan fingerprint density at radius 3 is 1.11 bits per heavy atom. The van der Waals surface area contributed by atoms with Crippen molar-refractivity contribution in [3.63, 3.8) is 0 Å². The molecule has 9 aromatic carbocycles. The van der Waals surface area contributed by atoms with E-state index in [1.807, 2.05) is 0 Å². The van der Waals surface area contributed by atoms with Crippen molar-refractivity contribution in [2.45, 2.75) is 0 Å². The summed E-state index contributed by atoms with van der Waals surface area (Å²) >= 11 is 0. The molecule has 0 aromatic heterocycles. The Labute approximate surface area is 311 Å². The van der Waals surface area contributed by atoms with Crippen LogP contribution in [-0.2, 0) is 0 Å². The highest BCUT2D eigenvalue weighted by Gasteiger charge is 2.19. The molecule has 0 heterocycles. The number of hydrogen-bond donors (Lipinski definition) is 0. The van der Waals surface area contributed by atoms with Gasteiger partial charge < -0.3 is 4.90 Å². The fourth-order valence-corrected chi connectivity index (χ4v) is 7.39. The van der Waals surface area contributed by atoms with Crippen LogP contribution in [0.1, 0.15) is 0 Å². The maximum absolute atomic E-state index is 2.43. The van der Waals surface area contributed by atoms with Crippen LogP contribution in [0.3, 0.4) is 0 Å². The fraction of sp³-hybridized carbons (Fsp3) is 0. The van der Waals surface area contributed by atoms with Crippen molar-refractivity contribution in [2.75, 3.05) is 4.90 Å². The van der Waals surface area contributed by atoms with Gasteiger partial charge in [0, 0.05) is 17.1 Å². The van der Waals surface area contributed by atoms with Gasteiger partial charge in [0.1, 0.15) is 0 Å². The van der Waals surface area contributed by atoms with Gasteiger partial charge in [-0.2, -0.15) is 0 Å². The Hall–Kier alpha value is -6.96. The van der Waals surface area contributed by atoms with Crippen molar-refractivity contribution in [1.82, 2.24) is 0 Å². The van der Waals surface area contributed by atoms with Crippen LogP contribution in [0, 0.1) is 0 Å². The maximum atomic E-state index is 2.43. The number of rotatable bonds is 8. The molecule has 0 saturated carbocycles. The van der Waals surface area contributed by atoms with Gasteiger partial charge in [-0.15, -0.1) is 0 Å². The van der Waals surface area contributed by atoms with Gasteiger partial charge in [-0.25, -0.2) is 0 Å². The monoisotopic (exact) mass is 675 g/mol. The molecule has 0 N–H and O–H groups in total. The Kier molecular flexibility index (Phi) is 8.66. The lowest BCUT2D eigenvalue weighted by molar-refractivity contribution is 1.28. The summed E-state index contributed by atoms with van der Waals surface area (Å²) in [5, 5.41) is 2.47. The van der Waals surface area contributed by atoms with Gasteiger partial charge in [0.05, 0.1) is 0 Å². The Morgan fingerprint density at radius 1 is 0.226 bits per heavy atom. The first-order valence-electron chi connectivity index (χ1n) is 18.2. The minimum atomic E-state index is 1.09. The molecule has 0 unspecified atom stereocenters. The number of hydrogen-bond acceptors (Lipinski definition) is 1. The average molecular weight is 676 g/mol. The molecule has 0 bridgehead atoms. The van der Waals surface area contributed by atoms with Crippen LogP contribution in [0.2, 0.25) is 0 Å². The van der Waals surface area contributed by atoms with Gasteiger partial charge in [-0.3, -0.25) is 0 Å². The molecule has 0 radical (unpaired) electrons. The van der Waals surface area contributed by atoms with Crippen LogP contribution in [0.5, 0.6) is 0 Å². The summed E-state index contributed by atoms with van der Waals surface area (Å²) in [5.41, 5.74) is 15.1. The average Bonchev–Trinajstić information content (AvgIpc) is 3.25. The first-order valence-corrected chi connectivity index (χ1v) is 18.2. The largest absolute Gasteiger partial charge is 0.310 e. The van der Waals surface area contributed by atoms with Gasteiger partial charge in [0.15, 0.2) is 0 Å². The van der Waals surface area contributed by atoms with Crippen LogP contribution in [0.25, 0.3) is 66.4 Å². The standard InChI is InChI=1S/C52H37N/c1-5-16-38(17-6-1)42-28-30-48(31-29-42)53(49-34-44(39-18-7-2-8-19-39)32-45(35-49)40-20-9-3-10-21-40)50-36-46(41-22-11-4-12-23-41)33-47(37-50)52-27-15-25-43-24-13-14-26-51(43)52/h1-37H. The van der Waals surface area contributed by atoms with E-state index in [-0.39, 0.29) is 0 Å². The topological polar surface area (TPSA) is 3.24 Å². The van der Waals surface area contributed by atoms with Gasteiger partial charge in [-0.1, -0.05) is 176 Å². The predicted octanol–water partition coefficient (Wildman–Crippen LogP) is 14.6. The third kappa shape index (κ3) is 6.65. The molecule has 0 aliphatic rings. The van der Waals surface area contributed by atoms with E-state index in [4.69, 9.17) is 0 Å². The summed E-state index contributed by atoms with van der Waals surface area (Å²) in [5.74, 6) is 0. The minimum absolute atomic E-state index is 1.09. The van der Waals surface area contributed by atoms with Gasteiger partial charge in [0.25, 0.3) is 0 Å². The third-order valence-electron chi connectivity index (χ3n) is 10.0. The van der Waals surface area contributed by atoms with Crippen LogP contribution in [-0.4, -0.2) is 0 Å². The van der Waals surface area contributed by atoms with Gasteiger partial charge >= 0.3 is 0 Å². The van der Waals surface area contributed by atoms with Crippen molar-refractivity contribution in [2.24, 2.45) is 0 Å². The van der Waals surface area contributed by atoms with E-state index in [1.54, 1.807) is 0 Å². The molecule has 0 saturated heterocycles. The maximum Gasteiger partial charge on any atom is 0.0473 e. The van der Waals surface area contributed by atoms with Crippen molar-refractivity contribution < 1.29 is 0 Å². The van der Waals surface area contributed by atoms with E-state index in [2.05, 4.69) is 229 Å². The van der Waals surface area contributed by atoms with Gasteiger partial charge in [0.2, 0.25) is 0 Å². The Balaban J connectivity index is 1.31. The second-order valence-corrected chi connectivity index (χ2v) is 13.4. The van der Waals surface area contributed by atoms with Gasteiger partial charge in [-0.05, 0) is 115 Å². The first-order chi connectivity index (χ1) is 26.3. The molecule has 0 amide bonds. The van der Waals surface area contributed by atoms with Crippen LogP contribution >= 0.6 is 0 Å². The van der Waals surface area contributed by atoms with E-state index in [1.165, 1.54) is 66.4 Å². The van der Waals surface area contributed by atoms with E-state index in [9.17, 15) is 0 Å². The van der Waals surface area contributed by atoms with Crippen molar-refractivity contribution in [1.29, 1.82) is 0 Å². The molecule has 1 heteroatoms. The summed E-state index contributed by atoms with van der Waals surface area (Å²) in [6.07, 6.45) is 0. The molecular formula is C52H37N. The van der Waals surface area contributed by atoms with Crippen molar-refractivity contribution in [3.05, 3.63) is 224 Å². The molecule has 0 aliphatic heterocycles. The normalized spacial score (nSPS) is 11.0. The Bertz CT molecular complexity index is 2570. The third-order valence-corrected chi connectivity index (χ3v) is 10.0. The summed E-state index contributed by atoms with van der Waals surface area (Å²) < 4.78 is 0. The highest BCUT2D eigenvalue weighted by molar-refractivity contribution is 5.99. The molecule has 0 fully saturated rings. The van der Waals surface area contributed by atoms with Crippen molar-refractivity contribution in [3.8, 4) is 55.6 Å². The molecular weight excluding hydrogens is 639 g/mol. The first kappa shape index (κ1) is 32.0. The van der Waals surface area contributed by atoms with E-state index in [0.29, 0.717) is 0 Å². The van der Waals surface area contributed by atoms with Crippen LogP contribution < -0.4 is 4.90 Å². The lowest BCUT2D eigenvalue weighted by Gasteiger charge is -2.28. The number of benzene rings is 9. The smallest absolute Gasteiger partial charge is 0.0473 e. The molecule has 0 aliphatic carbocycles. The number of anilines is 3. The predicted molar refractivity (Wildman–Crippen MR) is 226 cm³/mol. The fourth-order valence-electron chi connectivity index (χ4n) is 7.39. The summed E-state index contributed by atoms with van der Waals surface area (Å²) in [6, 6.07) is 81.0. The zero-order valence-corrected chi connectivity index (χ0v) is 29.3. The molecule has 1 nitrogen and oxygen atoms in total. The highest BCUT2D eigenvalue weighted by atomic mass is 15.1. The quantitative estimate of drug-likeness (QED) is 0.155. The number of fused-ring (bicyclic) bond motifs is 1. The molecule has 9 rings (SSSR count). The van der Waals surface area contributed by atoms with Crippen LogP contribution in [0.4, 0.5) is 17.1 Å². The molecule has 9 aromatic rings. The number of nitrogens with zero attached hydrogens (tertiary/aromatic N) is 1. The minimum Gasteiger partial charge on any atom is -0.310 e. The second-order valence-electron chi connectivity index (χ2n) is 13.4. The van der Waals surface area contributed by atoms with E-state index in [0.717, 1.165) is 17.1 Å². The molecule has 250 valence electrons. The zero-order chi connectivity index (χ0) is 35.4. The highest BCUT2D eigenvalue weighted by Crippen LogP contribution is 2.43. The summed E-state index contributed by atoms with van der Waals surface area (Å²) in [4.78, 5) is 2.43. The molecule has 53 heavy (non-hydrogen) atoms. The SMILES string of the molecule is c1ccc(-c2ccc(N(c3cc(-c4ccccc4)cc(-c4ccccc4)c3)c3cc(-c4ccccc4)cc(-c4cccc5ccccc45)c3)cc2)cc1. The Morgan fingerprint density at radius 2 is 0.604 bits per heavy atom. The molecule has 0 spiro atoms.